The van der Waals surface area contributed by atoms with Crippen LogP contribution in [-0.2, 0) is 0 Å². The van der Waals surface area contributed by atoms with Crippen molar-refractivity contribution >= 4 is 60.2 Å². The van der Waals surface area contributed by atoms with Crippen LogP contribution in [-0.4, -0.2) is 0 Å². The molecule has 65 heavy (non-hydrogen) atoms. The lowest BCUT2D eigenvalue weighted by Crippen LogP contribution is -2.09. The van der Waals surface area contributed by atoms with Gasteiger partial charge >= 0.3 is 0 Å². The molecule has 0 heterocycles. The number of rotatable bonds is 8. The second kappa shape index (κ2) is 16.3. The van der Waals surface area contributed by atoms with Crippen LogP contribution in [0.5, 0.6) is 0 Å². The Bertz CT molecular complexity index is 4110. The highest BCUT2D eigenvalue weighted by Crippen LogP contribution is 2.43. The van der Waals surface area contributed by atoms with Gasteiger partial charge in [-0.1, -0.05) is 218 Å². The van der Waals surface area contributed by atoms with Crippen molar-refractivity contribution in [3.8, 4) is 55.6 Å². The summed E-state index contributed by atoms with van der Waals surface area (Å²) in [5.41, 5.74) is 7.00. The second-order valence-electron chi connectivity index (χ2n) is 16.2. The quantitative estimate of drug-likeness (QED) is 0.138. The second-order valence-corrected chi connectivity index (χ2v) is 16.2. The lowest BCUT2D eigenvalue weighted by Gasteiger charge is -2.26. The van der Waals surface area contributed by atoms with Crippen LogP contribution < -0.4 is 4.90 Å². The first kappa shape index (κ1) is 30.5. The van der Waals surface area contributed by atoms with Crippen molar-refractivity contribution in [2.45, 2.75) is 0 Å². The first-order chi connectivity index (χ1) is 35.6. The third-order valence-electron chi connectivity index (χ3n) is 12.4. The van der Waals surface area contributed by atoms with Gasteiger partial charge in [0.15, 0.2) is 0 Å². The summed E-state index contributed by atoms with van der Waals surface area (Å²) in [6.45, 7) is 0. The maximum atomic E-state index is 9.83. The van der Waals surface area contributed by atoms with Crippen molar-refractivity contribution < 1.29 is 11.0 Å². The zero-order chi connectivity index (χ0) is 50.1. The van der Waals surface area contributed by atoms with Crippen molar-refractivity contribution in [1.82, 2.24) is 0 Å². The molecule has 0 amide bonds. The molecule has 0 aromatic heterocycles. The van der Waals surface area contributed by atoms with Crippen LogP contribution in [0.25, 0.3) is 98.7 Å². The Kier molecular flexibility index (Phi) is 7.66. The fourth-order valence-electron chi connectivity index (χ4n) is 9.26. The van der Waals surface area contributed by atoms with Gasteiger partial charge in [-0.25, -0.2) is 0 Å². The van der Waals surface area contributed by atoms with Crippen LogP contribution in [0.4, 0.5) is 17.1 Å². The summed E-state index contributed by atoms with van der Waals surface area (Å²) in [6.07, 6.45) is 0. The molecular weight excluding hydrogens is 783 g/mol. The van der Waals surface area contributed by atoms with Crippen molar-refractivity contribution in [3.63, 3.8) is 0 Å². The first-order valence-corrected chi connectivity index (χ1v) is 21.8. The van der Waals surface area contributed by atoms with E-state index in [1.54, 1.807) is 12.1 Å². The highest BCUT2D eigenvalue weighted by molar-refractivity contribution is 6.14. The lowest BCUT2D eigenvalue weighted by atomic mass is 9.89. The fourth-order valence-corrected chi connectivity index (χ4v) is 9.26. The molecule has 12 rings (SSSR count). The number of anilines is 3. The first-order valence-electron chi connectivity index (χ1n) is 25.8. The maximum Gasteiger partial charge on any atom is 0.0645 e. The van der Waals surface area contributed by atoms with Crippen molar-refractivity contribution in [2.75, 3.05) is 4.90 Å². The van der Waals surface area contributed by atoms with E-state index in [2.05, 4.69) is 60.7 Å². The number of nitrogens with zero attached hydrogens (tertiary/aromatic N) is 1. The summed E-state index contributed by atoms with van der Waals surface area (Å²) in [5, 5.41) is 7.83. The molecule has 0 saturated carbocycles. The number of hydrogen-bond acceptors (Lipinski definition) is 1. The van der Waals surface area contributed by atoms with E-state index in [-0.39, 0.29) is 46.7 Å². The third kappa shape index (κ3) is 7.01. The zero-order valence-electron chi connectivity index (χ0n) is 43.2. The summed E-state index contributed by atoms with van der Waals surface area (Å²) in [7, 11) is 0. The van der Waals surface area contributed by atoms with E-state index in [9.17, 15) is 11.0 Å². The molecule has 12 aromatic rings. The molecule has 0 aliphatic heterocycles. The summed E-state index contributed by atoms with van der Waals surface area (Å²) >= 11 is 0. The monoisotopic (exact) mass is 833 g/mol. The summed E-state index contributed by atoms with van der Waals surface area (Å²) in [6, 6.07) is 66.4. The average Bonchev–Trinajstić information content (AvgIpc) is 3.44. The van der Waals surface area contributed by atoms with Crippen LogP contribution in [0.1, 0.15) is 11.0 Å². The molecule has 0 fully saturated rings. The van der Waals surface area contributed by atoms with Crippen LogP contribution in [0, 0.1) is 0 Å². The van der Waals surface area contributed by atoms with Gasteiger partial charge in [0.2, 0.25) is 0 Å². The topological polar surface area (TPSA) is 3.24 Å². The van der Waals surface area contributed by atoms with Gasteiger partial charge in [-0.3, -0.25) is 0 Å². The van der Waals surface area contributed by atoms with Crippen molar-refractivity contribution in [3.05, 3.63) is 261 Å². The molecule has 304 valence electrons. The Labute approximate surface area is 391 Å². The molecule has 0 atom stereocenters. The Morgan fingerprint density at radius 2 is 0.754 bits per heavy atom. The Morgan fingerprint density at radius 3 is 1.46 bits per heavy atom. The van der Waals surface area contributed by atoms with Gasteiger partial charge in [0.25, 0.3) is 0 Å². The lowest BCUT2D eigenvalue weighted by molar-refractivity contribution is 1.28. The minimum absolute atomic E-state index is 0.0981. The van der Waals surface area contributed by atoms with Crippen LogP contribution in [0.15, 0.2) is 261 Å². The Balaban J connectivity index is 1.06. The smallest absolute Gasteiger partial charge is 0.0645 e. The SMILES string of the molecule is [2H]c1c([2H])c(N(c2ccc(-c3c(-c4ccccc4)ccc4ccccc34)cc2)c2c([2H])c([2H])c(-c3cc4ccccc4c4ccccc34)c([2H])c2[2H])c([2H])c([2H])c1-c1ccc(-c2cccc3ccccc23)cc1. The van der Waals surface area contributed by atoms with E-state index < -0.39 is 24.2 Å². The predicted molar refractivity (Wildman–Crippen MR) is 278 cm³/mol. The molecule has 0 bridgehead atoms. The molecule has 0 aliphatic rings. The highest BCUT2D eigenvalue weighted by atomic mass is 15.1. The summed E-state index contributed by atoms with van der Waals surface area (Å²) in [4.78, 5) is 1.38. The van der Waals surface area contributed by atoms with Crippen LogP contribution in [0.3, 0.4) is 0 Å². The minimum atomic E-state index is -0.403. The molecule has 0 aliphatic carbocycles. The molecular formula is C64H43N. The van der Waals surface area contributed by atoms with E-state index in [0.29, 0.717) is 16.8 Å². The van der Waals surface area contributed by atoms with Gasteiger partial charge in [-0.05, 0) is 141 Å². The highest BCUT2D eigenvalue weighted by Gasteiger charge is 2.17. The van der Waals surface area contributed by atoms with Gasteiger partial charge < -0.3 is 4.90 Å². The molecule has 0 radical (unpaired) electrons. The standard InChI is InChI=1S/C64H43N/c1-2-13-47(14-3-1)60-42-35-48-16-5-9-21-59(48)64(60)51-33-40-55(41-34-51)65(54-38-31-50(32-39-54)63-43-52-17-6-8-20-58(52)61-22-10-11-23-62(61)63)53-36-29-45(30-37-53)44-25-27-49(28-26-44)57-24-12-18-46-15-4-7-19-56(46)57/h1-43H/i29D,30D,31D,32D,36D,37D,38D,39D. The van der Waals surface area contributed by atoms with Crippen LogP contribution in [0.2, 0.25) is 0 Å². The molecule has 12 aromatic carbocycles. The molecule has 1 nitrogen and oxygen atoms in total. The Hall–Kier alpha value is -8.52. The van der Waals surface area contributed by atoms with E-state index in [1.807, 2.05) is 140 Å². The molecule has 0 spiro atoms. The van der Waals surface area contributed by atoms with E-state index in [1.165, 1.54) is 4.90 Å². The number of fused-ring (bicyclic) bond motifs is 5. The number of benzene rings is 12. The van der Waals surface area contributed by atoms with Gasteiger partial charge in [-0.15, -0.1) is 0 Å². The zero-order valence-corrected chi connectivity index (χ0v) is 35.2. The molecule has 0 unspecified atom stereocenters. The van der Waals surface area contributed by atoms with Gasteiger partial charge in [0.05, 0.1) is 11.0 Å². The van der Waals surface area contributed by atoms with Crippen molar-refractivity contribution in [2.24, 2.45) is 0 Å². The van der Waals surface area contributed by atoms with Gasteiger partial charge in [0.1, 0.15) is 0 Å². The van der Waals surface area contributed by atoms with E-state index in [4.69, 9.17) is 0 Å². The normalized spacial score (nSPS) is 13.1. The summed E-state index contributed by atoms with van der Waals surface area (Å²) in [5.74, 6) is 0. The number of hydrogen-bond donors (Lipinski definition) is 0. The molecule has 0 N–H and O–H groups in total. The van der Waals surface area contributed by atoms with Crippen LogP contribution >= 0.6 is 0 Å². The van der Waals surface area contributed by atoms with Gasteiger partial charge in [-0.2, -0.15) is 0 Å². The van der Waals surface area contributed by atoms with E-state index >= 15 is 0 Å². The van der Waals surface area contributed by atoms with Crippen molar-refractivity contribution in [1.29, 1.82) is 0 Å². The van der Waals surface area contributed by atoms with E-state index in [0.717, 1.165) is 76.5 Å². The third-order valence-corrected chi connectivity index (χ3v) is 12.4. The van der Waals surface area contributed by atoms with Gasteiger partial charge in [0, 0.05) is 17.1 Å². The maximum absolute atomic E-state index is 9.83. The molecule has 0 saturated heterocycles. The minimum Gasteiger partial charge on any atom is -0.311 e. The fraction of sp³-hybridized carbons (Fsp3) is 0. The average molecular weight is 834 g/mol. The summed E-state index contributed by atoms with van der Waals surface area (Å²) < 4.78 is 77.8. The molecule has 1 heteroatoms. The predicted octanol–water partition coefficient (Wildman–Crippen LogP) is 18.1. The largest absolute Gasteiger partial charge is 0.311 e. The Morgan fingerprint density at radius 1 is 0.246 bits per heavy atom.